The molecule has 25 heavy (non-hydrogen) atoms. The molecule has 1 fully saturated rings. The lowest BCUT2D eigenvalue weighted by Crippen LogP contribution is -2.36. The Kier molecular flexibility index (Phi) is 6.81. The molecule has 0 spiro atoms. The van der Waals surface area contributed by atoms with Crippen molar-refractivity contribution >= 4 is 17.5 Å². The lowest BCUT2D eigenvalue weighted by molar-refractivity contribution is -0.174. The van der Waals surface area contributed by atoms with Gasteiger partial charge in [-0.3, -0.25) is 9.59 Å². The zero-order chi connectivity index (χ0) is 18.3. The van der Waals surface area contributed by atoms with Crippen LogP contribution in [0.5, 0.6) is 0 Å². The van der Waals surface area contributed by atoms with Crippen molar-refractivity contribution in [3.8, 4) is 0 Å². The number of hydrogen-bond acceptors (Lipinski definition) is 3. The summed E-state index contributed by atoms with van der Waals surface area (Å²) in [5, 5.41) is 5.40. The molecule has 1 aliphatic carbocycles. The van der Waals surface area contributed by atoms with E-state index >= 15 is 0 Å². The van der Waals surface area contributed by atoms with Crippen LogP contribution in [0.3, 0.4) is 0 Å². The van der Waals surface area contributed by atoms with E-state index < -0.39 is 25.3 Å². The Balaban J connectivity index is 1.78. The van der Waals surface area contributed by atoms with Gasteiger partial charge in [0.25, 0.3) is 5.91 Å². The average Bonchev–Trinajstić information content (AvgIpc) is 2.55. The van der Waals surface area contributed by atoms with Gasteiger partial charge in [-0.15, -0.1) is 0 Å². The van der Waals surface area contributed by atoms with Gasteiger partial charge in [-0.25, -0.2) is 0 Å². The maximum atomic E-state index is 12.2. The lowest BCUT2D eigenvalue weighted by atomic mass is 9.95. The molecule has 1 saturated carbocycles. The van der Waals surface area contributed by atoms with Crippen LogP contribution in [0.1, 0.15) is 42.5 Å². The number of carbonyl (C=O) groups is 2. The Hall–Kier alpha value is -2.09. The summed E-state index contributed by atoms with van der Waals surface area (Å²) in [6.07, 6.45) is 0.940. The van der Waals surface area contributed by atoms with E-state index in [1.165, 1.54) is 18.6 Å². The van der Waals surface area contributed by atoms with Crippen LogP contribution in [0.15, 0.2) is 24.3 Å². The predicted molar refractivity (Wildman–Crippen MR) is 86.3 cm³/mol. The van der Waals surface area contributed by atoms with Crippen molar-refractivity contribution in [3.05, 3.63) is 29.8 Å². The highest BCUT2D eigenvalue weighted by atomic mass is 19.4. The van der Waals surface area contributed by atoms with Gasteiger partial charge in [0, 0.05) is 17.3 Å². The van der Waals surface area contributed by atoms with Crippen LogP contribution in [0, 0.1) is 0 Å². The first-order chi connectivity index (χ1) is 11.8. The number of ether oxygens (including phenoxy) is 1. The van der Waals surface area contributed by atoms with E-state index in [0.29, 0.717) is 11.3 Å². The summed E-state index contributed by atoms with van der Waals surface area (Å²) in [7, 11) is 0. The van der Waals surface area contributed by atoms with Gasteiger partial charge < -0.3 is 15.4 Å². The minimum Gasteiger partial charge on any atom is -0.362 e. The van der Waals surface area contributed by atoms with Crippen molar-refractivity contribution in [2.24, 2.45) is 0 Å². The Morgan fingerprint density at radius 1 is 1.08 bits per heavy atom. The Labute approximate surface area is 143 Å². The zero-order valence-electron chi connectivity index (χ0n) is 13.7. The second kappa shape index (κ2) is 8.84. The zero-order valence-corrected chi connectivity index (χ0v) is 13.7. The standard InChI is InChI=1S/C17H21F3N2O3/c18-17(19,20)11-25-10-15(23)21-14-8-6-12(7-9-14)16(24)22-13-4-2-1-3-5-13/h6-9,13H,1-5,10-11H2,(H,21,23)(H,22,24). The van der Waals surface area contributed by atoms with Gasteiger partial charge in [0.05, 0.1) is 0 Å². The molecule has 8 heteroatoms. The lowest BCUT2D eigenvalue weighted by Gasteiger charge is -2.22. The van der Waals surface area contributed by atoms with Gasteiger partial charge in [0.15, 0.2) is 0 Å². The fraction of sp³-hybridized carbons (Fsp3) is 0.529. The quantitative estimate of drug-likeness (QED) is 0.820. The van der Waals surface area contributed by atoms with E-state index in [-0.39, 0.29) is 11.9 Å². The Morgan fingerprint density at radius 2 is 1.72 bits per heavy atom. The maximum absolute atomic E-state index is 12.2. The van der Waals surface area contributed by atoms with Crippen molar-refractivity contribution in [2.45, 2.75) is 44.3 Å². The summed E-state index contributed by atoms with van der Waals surface area (Å²) in [6, 6.07) is 6.37. The molecule has 0 saturated heterocycles. The minimum absolute atomic E-state index is 0.168. The first-order valence-corrected chi connectivity index (χ1v) is 8.19. The molecule has 0 atom stereocenters. The van der Waals surface area contributed by atoms with Crippen LogP contribution < -0.4 is 10.6 Å². The molecule has 5 nitrogen and oxygen atoms in total. The van der Waals surface area contributed by atoms with E-state index in [2.05, 4.69) is 15.4 Å². The van der Waals surface area contributed by atoms with Gasteiger partial charge in [-0.2, -0.15) is 13.2 Å². The molecule has 0 radical (unpaired) electrons. The molecule has 1 aliphatic rings. The smallest absolute Gasteiger partial charge is 0.362 e. The fourth-order valence-corrected chi connectivity index (χ4v) is 2.68. The third kappa shape index (κ3) is 7.13. The predicted octanol–water partition coefficient (Wildman–Crippen LogP) is 3.27. The average molecular weight is 358 g/mol. The second-order valence-corrected chi connectivity index (χ2v) is 6.04. The van der Waals surface area contributed by atoms with Crippen molar-refractivity contribution < 1.29 is 27.5 Å². The summed E-state index contributed by atoms with van der Waals surface area (Å²) < 4.78 is 40.1. The van der Waals surface area contributed by atoms with Crippen LogP contribution in [0.25, 0.3) is 0 Å². The summed E-state index contributed by atoms with van der Waals surface area (Å²) in [4.78, 5) is 23.7. The SMILES string of the molecule is O=C(COCC(F)(F)F)Nc1ccc(C(=O)NC2CCCCC2)cc1. The van der Waals surface area contributed by atoms with Crippen LogP contribution in [-0.2, 0) is 9.53 Å². The highest BCUT2D eigenvalue weighted by molar-refractivity contribution is 5.96. The topological polar surface area (TPSA) is 67.4 Å². The molecule has 1 aromatic carbocycles. The number of nitrogens with one attached hydrogen (secondary N) is 2. The van der Waals surface area contributed by atoms with E-state index in [4.69, 9.17) is 0 Å². The number of amides is 2. The minimum atomic E-state index is -4.46. The number of carbonyl (C=O) groups excluding carboxylic acids is 2. The van der Waals surface area contributed by atoms with Crippen LogP contribution in [0.4, 0.5) is 18.9 Å². The number of alkyl halides is 3. The third-order valence-corrected chi connectivity index (χ3v) is 3.87. The normalized spacial score (nSPS) is 15.6. The van der Waals surface area contributed by atoms with E-state index in [9.17, 15) is 22.8 Å². The van der Waals surface area contributed by atoms with Crippen molar-refractivity contribution in [3.63, 3.8) is 0 Å². The maximum Gasteiger partial charge on any atom is 0.411 e. The summed E-state index contributed by atoms with van der Waals surface area (Å²) >= 11 is 0. The van der Waals surface area contributed by atoms with Gasteiger partial charge in [-0.05, 0) is 37.1 Å². The molecule has 0 aliphatic heterocycles. The molecule has 138 valence electrons. The van der Waals surface area contributed by atoms with Gasteiger partial charge in [-0.1, -0.05) is 19.3 Å². The molecule has 2 amide bonds. The molecule has 2 rings (SSSR count). The fourth-order valence-electron chi connectivity index (χ4n) is 2.68. The van der Waals surface area contributed by atoms with Gasteiger partial charge >= 0.3 is 6.18 Å². The first kappa shape index (κ1) is 19.2. The number of anilines is 1. The van der Waals surface area contributed by atoms with Crippen molar-refractivity contribution in [2.75, 3.05) is 18.5 Å². The Bertz CT molecular complexity index is 582. The number of hydrogen-bond donors (Lipinski definition) is 2. The van der Waals surface area contributed by atoms with Gasteiger partial charge in [0.1, 0.15) is 13.2 Å². The molecular formula is C17H21F3N2O3. The third-order valence-electron chi connectivity index (χ3n) is 3.87. The monoisotopic (exact) mass is 358 g/mol. The van der Waals surface area contributed by atoms with Gasteiger partial charge in [0.2, 0.25) is 5.91 Å². The van der Waals surface area contributed by atoms with E-state index in [1.807, 2.05) is 0 Å². The highest BCUT2D eigenvalue weighted by Crippen LogP contribution is 2.18. The largest absolute Gasteiger partial charge is 0.411 e. The summed E-state index contributed by atoms with van der Waals surface area (Å²) in [5.74, 6) is -0.859. The molecule has 0 bridgehead atoms. The van der Waals surface area contributed by atoms with Crippen molar-refractivity contribution in [1.82, 2.24) is 5.32 Å². The van der Waals surface area contributed by atoms with E-state index in [0.717, 1.165) is 25.7 Å². The molecule has 0 heterocycles. The number of benzene rings is 1. The molecule has 0 unspecified atom stereocenters. The number of halogens is 3. The molecule has 0 aromatic heterocycles. The van der Waals surface area contributed by atoms with Crippen LogP contribution in [0.2, 0.25) is 0 Å². The van der Waals surface area contributed by atoms with Crippen molar-refractivity contribution in [1.29, 1.82) is 0 Å². The summed E-state index contributed by atoms with van der Waals surface area (Å²) in [5.41, 5.74) is 0.853. The molecule has 1 aromatic rings. The first-order valence-electron chi connectivity index (χ1n) is 8.19. The highest BCUT2D eigenvalue weighted by Gasteiger charge is 2.27. The number of rotatable bonds is 6. The molecule has 2 N–H and O–H groups in total. The molecular weight excluding hydrogens is 337 g/mol. The Morgan fingerprint density at radius 3 is 2.32 bits per heavy atom. The summed E-state index contributed by atoms with van der Waals surface area (Å²) in [6.45, 7) is -2.16. The van der Waals surface area contributed by atoms with E-state index in [1.54, 1.807) is 12.1 Å². The second-order valence-electron chi connectivity index (χ2n) is 6.04. The van der Waals surface area contributed by atoms with Crippen LogP contribution >= 0.6 is 0 Å². The van der Waals surface area contributed by atoms with Crippen LogP contribution in [-0.4, -0.2) is 37.2 Å².